The maximum Gasteiger partial charge on any atom is 0.276 e. The number of hydrogen-bond donors (Lipinski definition) is 1. The van der Waals surface area contributed by atoms with E-state index in [4.69, 9.17) is 9.47 Å². The Morgan fingerprint density at radius 2 is 1.81 bits per heavy atom. The number of nitro benzene ring substituents is 1. The number of methoxy groups -OCH3 is 2. The molecule has 0 bridgehead atoms. The molecule has 1 aromatic rings. The summed E-state index contributed by atoms with van der Waals surface area (Å²) in [6.07, 6.45) is 0.889. The Hall–Kier alpha value is -1.82. The second-order valence-corrected chi connectivity index (χ2v) is 4.88. The molecule has 0 saturated carbocycles. The number of hydrogen-bond acceptors (Lipinski definition) is 5. The quantitative estimate of drug-likeness (QED) is 0.589. The van der Waals surface area contributed by atoms with E-state index in [1.807, 2.05) is 13.8 Å². The van der Waals surface area contributed by atoms with Gasteiger partial charge in [-0.15, -0.1) is 0 Å². The largest absolute Gasteiger partial charge is 0.493 e. The van der Waals surface area contributed by atoms with E-state index in [0.717, 1.165) is 13.0 Å². The van der Waals surface area contributed by atoms with Crippen LogP contribution in [0.15, 0.2) is 12.1 Å². The molecule has 21 heavy (non-hydrogen) atoms. The predicted molar refractivity (Wildman–Crippen MR) is 82.4 cm³/mol. The lowest BCUT2D eigenvalue weighted by atomic mass is 9.90. The molecule has 0 aliphatic carbocycles. The van der Waals surface area contributed by atoms with Gasteiger partial charge in [-0.3, -0.25) is 10.1 Å². The third kappa shape index (κ3) is 3.85. The van der Waals surface area contributed by atoms with Crippen LogP contribution in [0.25, 0.3) is 0 Å². The highest BCUT2D eigenvalue weighted by molar-refractivity contribution is 5.55. The number of ether oxygens (including phenoxy) is 2. The average molecular weight is 296 g/mol. The Morgan fingerprint density at radius 1 is 1.24 bits per heavy atom. The van der Waals surface area contributed by atoms with Gasteiger partial charge in [0.15, 0.2) is 11.5 Å². The molecular weight excluding hydrogens is 272 g/mol. The van der Waals surface area contributed by atoms with E-state index in [9.17, 15) is 10.1 Å². The zero-order valence-corrected chi connectivity index (χ0v) is 13.3. The standard InChI is InChI=1S/C15H24N2O4/c1-6-12(16-7-2)10(3)11-8-14(20-4)15(21-5)9-13(11)17(18)19/h8-10,12,16H,6-7H2,1-5H3. The van der Waals surface area contributed by atoms with Crippen LogP contribution < -0.4 is 14.8 Å². The van der Waals surface area contributed by atoms with Crippen molar-refractivity contribution in [3.8, 4) is 11.5 Å². The summed E-state index contributed by atoms with van der Waals surface area (Å²) in [4.78, 5) is 11.0. The van der Waals surface area contributed by atoms with E-state index in [-0.39, 0.29) is 22.6 Å². The lowest BCUT2D eigenvalue weighted by molar-refractivity contribution is -0.385. The monoisotopic (exact) mass is 296 g/mol. The first-order chi connectivity index (χ1) is 9.99. The van der Waals surface area contributed by atoms with E-state index in [0.29, 0.717) is 17.1 Å². The van der Waals surface area contributed by atoms with Crippen LogP contribution in [0.5, 0.6) is 11.5 Å². The zero-order valence-electron chi connectivity index (χ0n) is 13.3. The van der Waals surface area contributed by atoms with Crippen molar-refractivity contribution in [1.82, 2.24) is 5.32 Å². The molecule has 1 N–H and O–H groups in total. The molecule has 0 radical (unpaired) electrons. The van der Waals surface area contributed by atoms with Gasteiger partial charge in [0, 0.05) is 17.5 Å². The minimum atomic E-state index is -0.369. The molecule has 0 fully saturated rings. The molecule has 0 amide bonds. The molecule has 0 aliphatic rings. The fourth-order valence-corrected chi connectivity index (χ4v) is 2.56. The Labute approximate surface area is 125 Å². The van der Waals surface area contributed by atoms with Crippen molar-refractivity contribution in [2.24, 2.45) is 0 Å². The summed E-state index contributed by atoms with van der Waals surface area (Å²) >= 11 is 0. The highest BCUT2D eigenvalue weighted by Gasteiger charge is 2.27. The van der Waals surface area contributed by atoms with Crippen LogP contribution in [0.3, 0.4) is 0 Å². The van der Waals surface area contributed by atoms with Crippen molar-refractivity contribution in [3.63, 3.8) is 0 Å². The topological polar surface area (TPSA) is 73.6 Å². The van der Waals surface area contributed by atoms with Gasteiger partial charge in [0.1, 0.15) is 0 Å². The molecule has 2 unspecified atom stereocenters. The molecule has 1 rings (SSSR count). The SMILES string of the molecule is CCNC(CC)C(C)c1cc(OC)c(OC)cc1[N+](=O)[O-]. The van der Waals surface area contributed by atoms with Gasteiger partial charge in [-0.1, -0.05) is 20.8 Å². The average Bonchev–Trinajstić information content (AvgIpc) is 2.50. The summed E-state index contributed by atoms with van der Waals surface area (Å²) < 4.78 is 10.4. The zero-order chi connectivity index (χ0) is 16.0. The molecular formula is C15H24N2O4. The van der Waals surface area contributed by atoms with E-state index in [1.165, 1.54) is 20.3 Å². The van der Waals surface area contributed by atoms with Gasteiger partial charge in [0.05, 0.1) is 25.2 Å². The summed E-state index contributed by atoms with van der Waals surface area (Å²) in [7, 11) is 3.00. The summed E-state index contributed by atoms with van der Waals surface area (Å²) in [5.41, 5.74) is 0.724. The summed E-state index contributed by atoms with van der Waals surface area (Å²) in [6, 6.07) is 3.32. The molecule has 2 atom stereocenters. The van der Waals surface area contributed by atoms with Crippen molar-refractivity contribution in [2.45, 2.75) is 39.2 Å². The van der Waals surface area contributed by atoms with Gasteiger partial charge in [-0.25, -0.2) is 0 Å². The molecule has 0 aliphatic heterocycles. The lowest BCUT2D eigenvalue weighted by Gasteiger charge is -2.24. The van der Waals surface area contributed by atoms with Crippen LogP contribution in [-0.4, -0.2) is 31.7 Å². The van der Waals surface area contributed by atoms with Crippen LogP contribution in [0, 0.1) is 10.1 Å². The Kier molecular flexibility index (Phi) is 6.42. The maximum absolute atomic E-state index is 11.4. The van der Waals surface area contributed by atoms with Crippen LogP contribution in [0.4, 0.5) is 5.69 Å². The third-order valence-corrected chi connectivity index (χ3v) is 3.73. The maximum atomic E-state index is 11.4. The van der Waals surface area contributed by atoms with Gasteiger partial charge in [-0.2, -0.15) is 0 Å². The van der Waals surface area contributed by atoms with Gasteiger partial charge in [-0.05, 0) is 19.0 Å². The van der Waals surface area contributed by atoms with Gasteiger partial charge in [0.25, 0.3) is 5.69 Å². The van der Waals surface area contributed by atoms with E-state index < -0.39 is 0 Å². The normalized spacial score (nSPS) is 13.6. The van der Waals surface area contributed by atoms with Crippen molar-refractivity contribution in [1.29, 1.82) is 0 Å². The van der Waals surface area contributed by atoms with Crippen LogP contribution in [-0.2, 0) is 0 Å². The van der Waals surface area contributed by atoms with Gasteiger partial charge in [0.2, 0.25) is 0 Å². The highest BCUT2D eigenvalue weighted by atomic mass is 16.6. The second kappa shape index (κ2) is 7.83. The fraction of sp³-hybridized carbons (Fsp3) is 0.600. The lowest BCUT2D eigenvalue weighted by Crippen LogP contribution is -2.33. The summed E-state index contributed by atoms with van der Waals surface area (Å²) in [6.45, 7) is 6.91. The van der Waals surface area contributed by atoms with Crippen molar-refractivity contribution in [2.75, 3.05) is 20.8 Å². The van der Waals surface area contributed by atoms with Gasteiger partial charge >= 0.3 is 0 Å². The highest BCUT2D eigenvalue weighted by Crippen LogP contribution is 2.39. The predicted octanol–water partition coefficient (Wildman–Crippen LogP) is 3.10. The molecule has 6 nitrogen and oxygen atoms in total. The third-order valence-electron chi connectivity index (χ3n) is 3.73. The molecule has 0 aromatic heterocycles. The number of benzene rings is 1. The minimum Gasteiger partial charge on any atom is -0.493 e. The smallest absolute Gasteiger partial charge is 0.276 e. The molecule has 1 aromatic carbocycles. The molecule has 0 saturated heterocycles. The number of nitrogens with one attached hydrogen (secondary N) is 1. The second-order valence-electron chi connectivity index (χ2n) is 4.88. The minimum absolute atomic E-state index is 0.00449. The molecule has 0 spiro atoms. The number of nitrogens with zero attached hydrogens (tertiary/aromatic N) is 1. The van der Waals surface area contributed by atoms with E-state index in [1.54, 1.807) is 6.07 Å². The first kappa shape index (κ1) is 17.2. The summed E-state index contributed by atoms with van der Waals surface area (Å²) in [5, 5.41) is 14.7. The van der Waals surface area contributed by atoms with Gasteiger partial charge < -0.3 is 14.8 Å². The Morgan fingerprint density at radius 3 is 2.24 bits per heavy atom. The van der Waals surface area contributed by atoms with Crippen molar-refractivity contribution in [3.05, 3.63) is 27.8 Å². The number of nitro groups is 1. The van der Waals surface area contributed by atoms with Crippen LogP contribution in [0.1, 0.15) is 38.7 Å². The number of likely N-dealkylation sites (N-methyl/N-ethyl adjacent to an activating group) is 1. The molecule has 6 heteroatoms. The van der Waals surface area contributed by atoms with Crippen molar-refractivity contribution >= 4 is 5.69 Å². The molecule has 0 heterocycles. The first-order valence-corrected chi connectivity index (χ1v) is 7.13. The van der Waals surface area contributed by atoms with E-state index >= 15 is 0 Å². The van der Waals surface area contributed by atoms with Crippen LogP contribution in [0.2, 0.25) is 0 Å². The number of rotatable bonds is 8. The molecule has 118 valence electrons. The Bertz CT molecular complexity index is 491. The van der Waals surface area contributed by atoms with Crippen molar-refractivity contribution < 1.29 is 14.4 Å². The van der Waals surface area contributed by atoms with E-state index in [2.05, 4.69) is 12.2 Å². The fourth-order valence-electron chi connectivity index (χ4n) is 2.56. The Balaban J connectivity index is 3.34. The summed E-state index contributed by atoms with van der Waals surface area (Å²) in [5.74, 6) is 0.878. The van der Waals surface area contributed by atoms with Crippen LogP contribution >= 0.6 is 0 Å². The first-order valence-electron chi connectivity index (χ1n) is 7.13.